The minimum atomic E-state index is 0.144. The molecule has 1 aromatic carbocycles. The second-order valence-electron chi connectivity index (χ2n) is 5.59. The molecule has 19 heavy (non-hydrogen) atoms. The summed E-state index contributed by atoms with van der Waals surface area (Å²) in [6, 6.07) is 8.78. The van der Waals surface area contributed by atoms with Gasteiger partial charge in [-0.25, -0.2) is 0 Å². The Hall–Kier alpha value is -1.61. The second-order valence-corrected chi connectivity index (χ2v) is 5.59. The Labute approximate surface area is 113 Å². The van der Waals surface area contributed by atoms with Gasteiger partial charge >= 0.3 is 0 Å². The van der Waals surface area contributed by atoms with Crippen LogP contribution in [0.15, 0.2) is 29.1 Å². The lowest BCUT2D eigenvalue weighted by molar-refractivity contribution is 0.598. The van der Waals surface area contributed by atoms with Crippen molar-refractivity contribution in [1.82, 2.24) is 9.88 Å². The Balaban J connectivity index is 2.08. The van der Waals surface area contributed by atoms with Crippen molar-refractivity contribution in [3.8, 4) is 0 Å². The smallest absolute Gasteiger partial charge is 0.254 e. The molecule has 1 aromatic heterocycles. The SMILES string of the molecule is Cc1ccc2c(c1)cc(CC1CCCN1)c(=O)n2C. The summed E-state index contributed by atoms with van der Waals surface area (Å²) < 4.78 is 1.78. The number of pyridine rings is 1. The van der Waals surface area contributed by atoms with Crippen molar-refractivity contribution in [2.24, 2.45) is 7.05 Å². The zero-order chi connectivity index (χ0) is 13.4. The number of rotatable bonds is 2. The van der Waals surface area contributed by atoms with Crippen LogP contribution in [0.3, 0.4) is 0 Å². The van der Waals surface area contributed by atoms with Crippen LogP contribution in [0.2, 0.25) is 0 Å². The fraction of sp³-hybridized carbons (Fsp3) is 0.438. The van der Waals surface area contributed by atoms with Crippen LogP contribution < -0.4 is 10.9 Å². The van der Waals surface area contributed by atoms with Crippen LogP contribution in [0.5, 0.6) is 0 Å². The molecule has 1 fully saturated rings. The Kier molecular flexibility index (Phi) is 3.15. The Morgan fingerprint density at radius 2 is 2.21 bits per heavy atom. The van der Waals surface area contributed by atoms with E-state index in [0.717, 1.165) is 29.4 Å². The fourth-order valence-corrected chi connectivity index (χ4v) is 3.01. The van der Waals surface area contributed by atoms with Crippen LogP contribution in [0.4, 0.5) is 0 Å². The van der Waals surface area contributed by atoms with Gasteiger partial charge in [0.15, 0.2) is 0 Å². The lowest BCUT2D eigenvalue weighted by Gasteiger charge is -2.13. The Bertz CT molecular complexity index is 666. The summed E-state index contributed by atoms with van der Waals surface area (Å²) in [5.74, 6) is 0. The maximum absolute atomic E-state index is 12.4. The van der Waals surface area contributed by atoms with E-state index in [1.54, 1.807) is 4.57 Å². The van der Waals surface area contributed by atoms with E-state index in [0.29, 0.717) is 6.04 Å². The summed E-state index contributed by atoms with van der Waals surface area (Å²) >= 11 is 0. The second kappa shape index (κ2) is 4.82. The standard InChI is InChI=1S/C16H20N2O/c1-11-5-6-15-12(8-11)9-13(16(19)18(15)2)10-14-4-3-7-17-14/h5-6,8-9,14,17H,3-4,7,10H2,1-2H3. The van der Waals surface area contributed by atoms with E-state index in [-0.39, 0.29) is 5.56 Å². The van der Waals surface area contributed by atoms with Gasteiger partial charge in [-0.05, 0) is 56.3 Å². The first kappa shape index (κ1) is 12.4. The third-order valence-electron chi connectivity index (χ3n) is 4.08. The van der Waals surface area contributed by atoms with E-state index in [1.807, 2.05) is 13.1 Å². The Morgan fingerprint density at radius 3 is 2.95 bits per heavy atom. The highest BCUT2D eigenvalue weighted by atomic mass is 16.1. The van der Waals surface area contributed by atoms with E-state index in [4.69, 9.17) is 0 Å². The summed E-state index contributed by atoms with van der Waals surface area (Å²) in [4.78, 5) is 12.4. The normalized spacial score (nSPS) is 19.2. The molecule has 1 unspecified atom stereocenters. The summed E-state index contributed by atoms with van der Waals surface area (Å²) in [5, 5.41) is 4.63. The predicted molar refractivity (Wildman–Crippen MR) is 78.7 cm³/mol. The van der Waals surface area contributed by atoms with Crippen molar-refractivity contribution in [1.29, 1.82) is 0 Å². The lowest BCUT2D eigenvalue weighted by Crippen LogP contribution is -2.29. The molecular formula is C16H20N2O. The molecule has 0 amide bonds. The van der Waals surface area contributed by atoms with Crippen molar-refractivity contribution in [2.45, 2.75) is 32.2 Å². The number of benzene rings is 1. The van der Waals surface area contributed by atoms with E-state index >= 15 is 0 Å². The molecule has 2 heterocycles. The van der Waals surface area contributed by atoms with Gasteiger partial charge in [0, 0.05) is 18.7 Å². The Morgan fingerprint density at radius 1 is 1.37 bits per heavy atom. The highest BCUT2D eigenvalue weighted by Gasteiger charge is 2.17. The molecule has 0 spiro atoms. The van der Waals surface area contributed by atoms with E-state index in [1.165, 1.54) is 18.4 Å². The van der Waals surface area contributed by atoms with E-state index in [9.17, 15) is 4.79 Å². The predicted octanol–water partition coefficient (Wildman–Crippen LogP) is 2.14. The molecule has 3 rings (SSSR count). The first-order chi connectivity index (χ1) is 9.15. The summed E-state index contributed by atoms with van der Waals surface area (Å²) in [7, 11) is 1.87. The molecule has 0 bridgehead atoms. The van der Waals surface area contributed by atoms with Gasteiger partial charge in [-0.3, -0.25) is 4.79 Å². The largest absolute Gasteiger partial charge is 0.314 e. The van der Waals surface area contributed by atoms with Gasteiger partial charge in [-0.1, -0.05) is 11.6 Å². The molecule has 1 aliphatic rings. The monoisotopic (exact) mass is 256 g/mol. The van der Waals surface area contributed by atoms with Gasteiger partial charge in [0.25, 0.3) is 5.56 Å². The summed E-state index contributed by atoms with van der Waals surface area (Å²) in [6.07, 6.45) is 3.24. The highest BCUT2D eigenvalue weighted by Crippen LogP contribution is 2.17. The van der Waals surface area contributed by atoms with Crippen LogP contribution >= 0.6 is 0 Å². The minimum Gasteiger partial charge on any atom is -0.314 e. The van der Waals surface area contributed by atoms with Gasteiger partial charge in [0.05, 0.1) is 5.52 Å². The van der Waals surface area contributed by atoms with Crippen LogP contribution in [0, 0.1) is 6.92 Å². The maximum atomic E-state index is 12.4. The van der Waals surface area contributed by atoms with Crippen LogP contribution in [0.25, 0.3) is 10.9 Å². The summed E-state index contributed by atoms with van der Waals surface area (Å²) in [6.45, 7) is 3.17. The van der Waals surface area contributed by atoms with Gasteiger partial charge in [0.2, 0.25) is 0 Å². The molecule has 1 atom stereocenters. The van der Waals surface area contributed by atoms with Crippen molar-refractivity contribution in [2.75, 3.05) is 6.54 Å². The van der Waals surface area contributed by atoms with Gasteiger partial charge < -0.3 is 9.88 Å². The van der Waals surface area contributed by atoms with E-state index < -0.39 is 0 Å². The lowest BCUT2D eigenvalue weighted by atomic mass is 10.0. The molecule has 0 radical (unpaired) electrons. The number of aromatic nitrogens is 1. The van der Waals surface area contributed by atoms with Gasteiger partial charge in [-0.2, -0.15) is 0 Å². The molecule has 3 nitrogen and oxygen atoms in total. The highest BCUT2D eigenvalue weighted by molar-refractivity contribution is 5.80. The molecule has 1 N–H and O–H groups in total. The average molecular weight is 256 g/mol. The zero-order valence-corrected chi connectivity index (χ0v) is 11.6. The molecule has 1 aliphatic heterocycles. The summed E-state index contributed by atoms with van der Waals surface area (Å²) in [5.41, 5.74) is 3.32. The van der Waals surface area contributed by atoms with Crippen LogP contribution in [-0.4, -0.2) is 17.2 Å². The molecule has 0 aliphatic carbocycles. The maximum Gasteiger partial charge on any atom is 0.254 e. The fourth-order valence-electron chi connectivity index (χ4n) is 3.01. The third kappa shape index (κ3) is 2.30. The van der Waals surface area contributed by atoms with E-state index in [2.05, 4.69) is 30.4 Å². The number of nitrogens with zero attached hydrogens (tertiary/aromatic N) is 1. The van der Waals surface area contributed by atoms with Crippen LogP contribution in [0.1, 0.15) is 24.0 Å². The van der Waals surface area contributed by atoms with Crippen LogP contribution in [-0.2, 0) is 13.5 Å². The minimum absolute atomic E-state index is 0.144. The quantitative estimate of drug-likeness (QED) is 0.893. The van der Waals surface area contributed by atoms with Gasteiger partial charge in [-0.15, -0.1) is 0 Å². The average Bonchev–Trinajstić information content (AvgIpc) is 2.88. The molecule has 1 saturated heterocycles. The first-order valence-corrected chi connectivity index (χ1v) is 6.98. The number of aryl methyl sites for hydroxylation is 2. The number of nitrogens with one attached hydrogen (secondary N) is 1. The third-order valence-corrected chi connectivity index (χ3v) is 4.08. The molecule has 0 saturated carbocycles. The number of hydrogen-bond donors (Lipinski definition) is 1. The molecule has 100 valence electrons. The van der Waals surface area contributed by atoms with Gasteiger partial charge in [0.1, 0.15) is 0 Å². The molecule has 2 aromatic rings. The first-order valence-electron chi connectivity index (χ1n) is 6.98. The molecular weight excluding hydrogens is 236 g/mol. The van der Waals surface area contributed by atoms with Crippen molar-refractivity contribution in [3.63, 3.8) is 0 Å². The van der Waals surface area contributed by atoms with Crippen molar-refractivity contribution < 1.29 is 0 Å². The van der Waals surface area contributed by atoms with Crippen molar-refractivity contribution >= 4 is 10.9 Å². The molecule has 3 heteroatoms. The topological polar surface area (TPSA) is 34.0 Å². The zero-order valence-electron chi connectivity index (χ0n) is 11.6. The van der Waals surface area contributed by atoms with Crippen molar-refractivity contribution in [3.05, 3.63) is 45.7 Å². The number of fused-ring (bicyclic) bond motifs is 1. The number of hydrogen-bond acceptors (Lipinski definition) is 2.